The highest BCUT2D eigenvalue weighted by Crippen LogP contribution is 2.28. The first-order valence-corrected chi connectivity index (χ1v) is 8.61. The molecule has 106 valence electrons. The lowest BCUT2D eigenvalue weighted by atomic mass is 9.87. The van der Waals surface area contributed by atoms with Gasteiger partial charge in [-0.2, -0.15) is 0 Å². The molecule has 0 radical (unpaired) electrons. The van der Waals surface area contributed by atoms with E-state index >= 15 is 0 Å². The number of benzene rings is 1. The molecule has 1 fully saturated rings. The molecule has 3 nitrogen and oxygen atoms in total. The molecule has 1 saturated carbocycles. The van der Waals surface area contributed by atoms with E-state index in [9.17, 15) is 8.42 Å². The molecule has 0 aromatic heterocycles. The minimum atomic E-state index is -3.58. The Morgan fingerprint density at radius 1 is 1.21 bits per heavy atom. The minimum Gasteiger partial charge on any atom is -0.208 e. The van der Waals surface area contributed by atoms with E-state index in [0.29, 0.717) is 10.9 Å². The smallest absolute Gasteiger partial charge is 0.208 e. The lowest BCUT2D eigenvalue weighted by Gasteiger charge is -2.29. The maximum atomic E-state index is 12.3. The molecule has 1 aromatic carbocycles. The largest absolute Gasteiger partial charge is 0.242 e. The molecule has 1 aromatic rings. The van der Waals surface area contributed by atoms with Gasteiger partial charge in [0, 0.05) is 11.1 Å². The van der Waals surface area contributed by atoms with Crippen LogP contribution in [0.2, 0.25) is 10.0 Å². The van der Waals surface area contributed by atoms with Gasteiger partial charge in [-0.1, -0.05) is 43.0 Å². The zero-order chi connectivity index (χ0) is 14.0. The summed E-state index contributed by atoms with van der Waals surface area (Å²) >= 11 is 11.7. The number of hydrogen-bond acceptors (Lipinski definition) is 2. The highest BCUT2D eigenvalue weighted by molar-refractivity contribution is 7.89. The van der Waals surface area contributed by atoms with Crippen LogP contribution in [0.15, 0.2) is 23.1 Å². The van der Waals surface area contributed by atoms with Crippen LogP contribution in [0.1, 0.15) is 32.6 Å². The molecule has 2 atom stereocenters. The summed E-state index contributed by atoms with van der Waals surface area (Å²) in [5.41, 5.74) is 0. The highest BCUT2D eigenvalue weighted by atomic mass is 35.5. The fourth-order valence-electron chi connectivity index (χ4n) is 2.45. The predicted molar refractivity (Wildman–Crippen MR) is 78.2 cm³/mol. The molecule has 0 saturated heterocycles. The van der Waals surface area contributed by atoms with Crippen molar-refractivity contribution in [3.05, 3.63) is 28.2 Å². The summed E-state index contributed by atoms with van der Waals surface area (Å²) in [6.45, 7) is 2.08. The van der Waals surface area contributed by atoms with Gasteiger partial charge in [0.2, 0.25) is 10.0 Å². The second-order valence-corrected chi connectivity index (χ2v) is 7.59. The lowest BCUT2D eigenvalue weighted by Crippen LogP contribution is -2.41. The maximum Gasteiger partial charge on any atom is 0.242 e. The summed E-state index contributed by atoms with van der Waals surface area (Å²) in [5, 5.41) is 0.582. The molecule has 19 heavy (non-hydrogen) atoms. The van der Waals surface area contributed by atoms with E-state index in [4.69, 9.17) is 23.2 Å². The summed E-state index contributed by atoms with van der Waals surface area (Å²) in [6.07, 6.45) is 4.17. The molecule has 0 unspecified atom stereocenters. The summed E-state index contributed by atoms with van der Waals surface area (Å²) < 4.78 is 27.4. The van der Waals surface area contributed by atoms with Crippen LogP contribution in [-0.4, -0.2) is 14.5 Å². The minimum absolute atomic E-state index is 0.00880. The van der Waals surface area contributed by atoms with Gasteiger partial charge in [-0.05, 0) is 37.0 Å². The van der Waals surface area contributed by atoms with Crippen molar-refractivity contribution in [2.45, 2.75) is 43.5 Å². The number of nitrogens with one attached hydrogen (secondary N) is 1. The van der Waals surface area contributed by atoms with Crippen molar-refractivity contribution in [1.82, 2.24) is 4.72 Å². The summed E-state index contributed by atoms with van der Waals surface area (Å²) in [4.78, 5) is 0.0938. The van der Waals surface area contributed by atoms with Crippen molar-refractivity contribution in [3.63, 3.8) is 0 Å². The standard InChI is InChI=1S/C13H17Cl2NO2S/c1-9-4-2-3-5-12(9)16-19(17,18)13-7-6-10(14)8-11(13)15/h6-9,12,16H,2-5H2,1H3/t9-,12-/m1/s1. The van der Waals surface area contributed by atoms with Gasteiger partial charge in [0.1, 0.15) is 4.90 Å². The Balaban J connectivity index is 2.22. The van der Waals surface area contributed by atoms with Gasteiger partial charge in [-0.3, -0.25) is 0 Å². The first kappa shape index (κ1) is 15.1. The van der Waals surface area contributed by atoms with Gasteiger partial charge >= 0.3 is 0 Å². The van der Waals surface area contributed by atoms with Gasteiger partial charge in [-0.15, -0.1) is 0 Å². The third-order valence-electron chi connectivity index (χ3n) is 3.60. The topological polar surface area (TPSA) is 46.2 Å². The Kier molecular flexibility index (Phi) is 4.77. The molecule has 1 aliphatic rings. The molecule has 6 heteroatoms. The first-order valence-electron chi connectivity index (χ1n) is 6.37. The fraction of sp³-hybridized carbons (Fsp3) is 0.538. The summed E-state index contributed by atoms with van der Waals surface area (Å²) in [7, 11) is -3.58. The SMILES string of the molecule is C[C@@H]1CCCC[C@H]1NS(=O)(=O)c1ccc(Cl)cc1Cl. The zero-order valence-corrected chi connectivity index (χ0v) is 13.0. The van der Waals surface area contributed by atoms with Gasteiger partial charge in [0.25, 0.3) is 0 Å². The first-order chi connectivity index (χ1) is 8.90. The van der Waals surface area contributed by atoms with Crippen LogP contribution in [0, 0.1) is 5.92 Å². The number of sulfonamides is 1. The van der Waals surface area contributed by atoms with Crippen molar-refractivity contribution >= 4 is 33.2 Å². The third-order valence-corrected chi connectivity index (χ3v) is 5.81. The van der Waals surface area contributed by atoms with E-state index in [1.54, 1.807) is 0 Å². The highest BCUT2D eigenvalue weighted by Gasteiger charge is 2.27. The van der Waals surface area contributed by atoms with E-state index in [-0.39, 0.29) is 16.0 Å². The number of hydrogen-bond donors (Lipinski definition) is 1. The molecule has 2 rings (SSSR count). The van der Waals surface area contributed by atoms with Crippen LogP contribution in [-0.2, 0) is 10.0 Å². The summed E-state index contributed by atoms with van der Waals surface area (Å²) in [6, 6.07) is 4.42. The van der Waals surface area contributed by atoms with Crippen LogP contribution >= 0.6 is 23.2 Å². The normalized spacial score (nSPS) is 24.4. The van der Waals surface area contributed by atoms with Crippen LogP contribution < -0.4 is 4.72 Å². The van der Waals surface area contributed by atoms with Crippen molar-refractivity contribution in [2.24, 2.45) is 5.92 Å². The molecule has 1 N–H and O–H groups in total. The Bertz CT molecular complexity index is 560. The second kappa shape index (κ2) is 6.00. The average molecular weight is 322 g/mol. The van der Waals surface area contributed by atoms with E-state index < -0.39 is 10.0 Å². The zero-order valence-electron chi connectivity index (χ0n) is 10.7. The van der Waals surface area contributed by atoms with Crippen molar-refractivity contribution < 1.29 is 8.42 Å². The summed E-state index contributed by atoms with van der Waals surface area (Å²) in [5.74, 6) is 0.356. The monoisotopic (exact) mass is 321 g/mol. The Morgan fingerprint density at radius 3 is 2.53 bits per heavy atom. The molecule has 1 aliphatic carbocycles. The van der Waals surface area contributed by atoms with Gasteiger partial charge in [-0.25, -0.2) is 13.1 Å². The fourth-order valence-corrected chi connectivity index (χ4v) is 4.60. The molecule has 0 bridgehead atoms. The molecular formula is C13H17Cl2NO2S. The van der Waals surface area contributed by atoms with Gasteiger partial charge < -0.3 is 0 Å². The molecular weight excluding hydrogens is 305 g/mol. The number of halogens is 2. The molecule has 0 heterocycles. The molecule has 0 aliphatic heterocycles. The Hall–Kier alpha value is -0.290. The van der Waals surface area contributed by atoms with Crippen LogP contribution in [0.5, 0.6) is 0 Å². The lowest BCUT2D eigenvalue weighted by molar-refractivity contribution is 0.310. The van der Waals surface area contributed by atoms with Crippen molar-refractivity contribution in [1.29, 1.82) is 0 Å². The van der Waals surface area contributed by atoms with Crippen molar-refractivity contribution in [3.8, 4) is 0 Å². The average Bonchev–Trinajstić information content (AvgIpc) is 2.31. The molecule has 0 spiro atoms. The number of rotatable bonds is 3. The van der Waals surface area contributed by atoms with Crippen LogP contribution in [0.4, 0.5) is 0 Å². The van der Waals surface area contributed by atoms with E-state index in [1.165, 1.54) is 24.6 Å². The predicted octanol–water partition coefficient (Wildman–Crippen LogP) is 3.85. The van der Waals surface area contributed by atoms with E-state index in [1.807, 2.05) is 0 Å². The quantitative estimate of drug-likeness (QED) is 0.919. The van der Waals surface area contributed by atoms with Crippen LogP contribution in [0.25, 0.3) is 0 Å². The Labute approximate surface area is 124 Å². The van der Waals surface area contributed by atoms with Crippen molar-refractivity contribution in [2.75, 3.05) is 0 Å². The third kappa shape index (κ3) is 3.63. The van der Waals surface area contributed by atoms with Gasteiger partial charge in [0.15, 0.2) is 0 Å². The van der Waals surface area contributed by atoms with Crippen LogP contribution in [0.3, 0.4) is 0 Å². The molecule has 0 amide bonds. The van der Waals surface area contributed by atoms with Gasteiger partial charge in [0.05, 0.1) is 5.02 Å². The Morgan fingerprint density at radius 2 is 1.89 bits per heavy atom. The van der Waals surface area contributed by atoms with E-state index in [2.05, 4.69) is 11.6 Å². The maximum absolute atomic E-state index is 12.3. The second-order valence-electron chi connectivity index (χ2n) is 5.06. The van der Waals surface area contributed by atoms with E-state index in [0.717, 1.165) is 19.3 Å².